The molecule has 0 bridgehead atoms. The second kappa shape index (κ2) is 9.47. The lowest BCUT2D eigenvalue weighted by molar-refractivity contribution is 0.102. The van der Waals surface area contributed by atoms with Crippen molar-refractivity contribution in [1.82, 2.24) is 0 Å². The number of phenolic OH excluding ortho intramolecular Hbond substituents is 1. The number of fused-ring (bicyclic) bond motifs is 1. The van der Waals surface area contributed by atoms with Gasteiger partial charge in [0.05, 0.1) is 22.9 Å². The molecule has 0 aliphatic carbocycles. The van der Waals surface area contributed by atoms with Gasteiger partial charge in [0.15, 0.2) is 0 Å². The summed E-state index contributed by atoms with van der Waals surface area (Å²) < 4.78 is 5.98. The number of phenols is 1. The zero-order valence-corrected chi connectivity index (χ0v) is 16.6. The summed E-state index contributed by atoms with van der Waals surface area (Å²) >= 11 is 6.11. The third kappa shape index (κ3) is 4.57. The Morgan fingerprint density at radius 3 is 2.50 bits per heavy atom. The van der Waals surface area contributed by atoms with Crippen LogP contribution in [0.15, 0.2) is 54.6 Å². The summed E-state index contributed by atoms with van der Waals surface area (Å²) in [6.07, 6.45) is 4.42. The zero-order valence-electron chi connectivity index (χ0n) is 15.9. The molecule has 0 saturated heterocycles. The van der Waals surface area contributed by atoms with E-state index in [4.69, 9.17) is 16.3 Å². The largest absolute Gasteiger partial charge is 0.505 e. The lowest BCUT2D eigenvalue weighted by Crippen LogP contribution is -2.13. The molecular formula is C23H24ClNO3. The van der Waals surface area contributed by atoms with Gasteiger partial charge in [-0.1, -0.05) is 74.2 Å². The molecule has 2 N–H and O–H groups in total. The molecule has 0 aliphatic rings. The fourth-order valence-corrected chi connectivity index (χ4v) is 3.31. The van der Waals surface area contributed by atoms with Crippen molar-refractivity contribution in [1.29, 1.82) is 0 Å². The number of rotatable bonds is 8. The maximum Gasteiger partial charge on any atom is 0.257 e. The Kier molecular flexibility index (Phi) is 6.77. The molecule has 0 aliphatic heterocycles. The van der Waals surface area contributed by atoms with E-state index >= 15 is 0 Å². The number of carbonyl (C=O) groups is 1. The van der Waals surface area contributed by atoms with Crippen LogP contribution in [0.2, 0.25) is 5.02 Å². The van der Waals surface area contributed by atoms with Crippen molar-refractivity contribution in [2.75, 3.05) is 11.9 Å². The summed E-state index contributed by atoms with van der Waals surface area (Å²) in [6, 6.07) is 15.9. The molecule has 1 amide bonds. The Balaban J connectivity index is 1.88. The number of halogens is 1. The number of benzene rings is 3. The summed E-state index contributed by atoms with van der Waals surface area (Å²) in [7, 11) is 0. The minimum absolute atomic E-state index is 0.00864. The number of anilines is 1. The maximum atomic E-state index is 12.6. The van der Waals surface area contributed by atoms with Crippen LogP contribution < -0.4 is 10.1 Å². The van der Waals surface area contributed by atoms with Crippen LogP contribution in [0, 0.1) is 0 Å². The van der Waals surface area contributed by atoms with E-state index in [0.29, 0.717) is 34.0 Å². The molecule has 0 heterocycles. The van der Waals surface area contributed by atoms with Gasteiger partial charge >= 0.3 is 0 Å². The Hall–Kier alpha value is -2.72. The first kappa shape index (κ1) is 20.0. The average molecular weight is 398 g/mol. The van der Waals surface area contributed by atoms with E-state index in [0.717, 1.165) is 18.2 Å². The van der Waals surface area contributed by atoms with Crippen LogP contribution in [0.5, 0.6) is 11.5 Å². The summed E-state index contributed by atoms with van der Waals surface area (Å²) in [5, 5.41) is 15.2. The number of hydrogen-bond acceptors (Lipinski definition) is 3. The highest BCUT2D eigenvalue weighted by Gasteiger charge is 2.16. The van der Waals surface area contributed by atoms with Crippen LogP contribution >= 0.6 is 11.6 Å². The highest BCUT2D eigenvalue weighted by Crippen LogP contribution is 2.39. The van der Waals surface area contributed by atoms with Crippen LogP contribution in [-0.2, 0) is 0 Å². The molecule has 0 fully saturated rings. The van der Waals surface area contributed by atoms with E-state index in [1.54, 1.807) is 36.4 Å². The van der Waals surface area contributed by atoms with Gasteiger partial charge in [0.1, 0.15) is 11.5 Å². The van der Waals surface area contributed by atoms with Crippen molar-refractivity contribution in [3.05, 3.63) is 65.2 Å². The van der Waals surface area contributed by atoms with Crippen molar-refractivity contribution >= 4 is 34.0 Å². The van der Waals surface area contributed by atoms with Gasteiger partial charge in [0, 0.05) is 16.8 Å². The molecule has 4 nitrogen and oxygen atoms in total. The number of nitrogens with one attached hydrogen (secondary N) is 1. The van der Waals surface area contributed by atoms with E-state index in [1.807, 2.05) is 18.2 Å². The van der Waals surface area contributed by atoms with E-state index in [-0.39, 0.29) is 11.7 Å². The van der Waals surface area contributed by atoms with Crippen LogP contribution in [0.4, 0.5) is 5.69 Å². The first-order valence-corrected chi connectivity index (χ1v) is 9.93. The van der Waals surface area contributed by atoms with Gasteiger partial charge in [-0.3, -0.25) is 4.79 Å². The monoisotopic (exact) mass is 397 g/mol. The van der Waals surface area contributed by atoms with Crippen molar-refractivity contribution in [2.24, 2.45) is 0 Å². The molecule has 3 aromatic carbocycles. The van der Waals surface area contributed by atoms with Crippen molar-refractivity contribution in [3.63, 3.8) is 0 Å². The van der Waals surface area contributed by atoms with Crippen LogP contribution in [0.3, 0.4) is 0 Å². The minimum atomic E-state index is -0.384. The van der Waals surface area contributed by atoms with Gasteiger partial charge in [0.25, 0.3) is 5.91 Å². The van der Waals surface area contributed by atoms with Crippen molar-refractivity contribution in [2.45, 2.75) is 32.6 Å². The average Bonchev–Trinajstić information content (AvgIpc) is 2.71. The third-order valence-electron chi connectivity index (χ3n) is 4.60. The maximum absolute atomic E-state index is 12.6. The first-order chi connectivity index (χ1) is 13.6. The summed E-state index contributed by atoms with van der Waals surface area (Å²) in [5.74, 6) is 0.263. The smallest absolute Gasteiger partial charge is 0.257 e. The molecule has 146 valence electrons. The SMILES string of the molecule is CCCCCCOc1cc(NC(=O)c2ccccc2Cl)c(O)c2ccccc12. The molecule has 0 atom stereocenters. The van der Waals surface area contributed by atoms with Crippen LogP contribution in [0.25, 0.3) is 10.8 Å². The Morgan fingerprint density at radius 1 is 1.04 bits per heavy atom. The Labute approximate surface area is 170 Å². The number of hydrogen-bond donors (Lipinski definition) is 2. The number of ether oxygens (including phenoxy) is 1. The van der Waals surface area contributed by atoms with E-state index in [2.05, 4.69) is 12.2 Å². The lowest BCUT2D eigenvalue weighted by Gasteiger charge is -2.15. The van der Waals surface area contributed by atoms with Gasteiger partial charge < -0.3 is 15.2 Å². The predicted molar refractivity (Wildman–Crippen MR) is 115 cm³/mol. The first-order valence-electron chi connectivity index (χ1n) is 9.55. The quantitative estimate of drug-likeness (QED) is 0.341. The molecule has 0 saturated carbocycles. The minimum Gasteiger partial charge on any atom is -0.505 e. The molecule has 0 unspecified atom stereocenters. The highest BCUT2D eigenvalue weighted by atomic mass is 35.5. The number of carbonyl (C=O) groups excluding carboxylic acids is 1. The summed E-state index contributed by atoms with van der Waals surface area (Å²) in [5.41, 5.74) is 0.644. The van der Waals surface area contributed by atoms with Crippen molar-refractivity contribution in [3.8, 4) is 11.5 Å². The van der Waals surface area contributed by atoms with Gasteiger partial charge in [-0.2, -0.15) is 0 Å². The number of aromatic hydroxyl groups is 1. The number of unbranched alkanes of at least 4 members (excludes halogenated alkanes) is 3. The molecular weight excluding hydrogens is 374 g/mol. The van der Waals surface area contributed by atoms with E-state index < -0.39 is 0 Å². The summed E-state index contributed by atoms with van der Waals surface area (Å²) in [6.45, 7) is 2.76. The van der Waals surface area contributed by atoms with E-state index in [9.17, 15) is 9.90 Å². The third-order valence-corrected chi connectivity index (χ3v) is 4.93. The van der Waals surface area contributed by atoms with E-state index in [1.165, 1.54) is 12.8 Å². The topological polar surface area (TPSA) is 58.6 Å². The van der Waals surface area contributed by atoms with Gasteiger partial charge in [0.2, 0.25) is 0 Å². The normalized spacial score (nSPS) is 10.8. The number of amides is 1. The molecule has 28 heavy (non-hydrogen) atoms. The van der Waals surface area contributed by atoms with Crippen molar-refractivity contribution < 1.29 is 14.6 Å². The lowest BCUT2D eigenvalue weighted by atomic mass is 10.1. The Morgan fingerprint density at radius 2 is 1.75 bits per heavy atom. The second-order valence-corrected chi connectivity index (χ2v) is 7.07. The highest BCUT2D eigenvalue weighted by molar-refractivity contribution is 6.34. The van der Waals surface area contributed by atoms with Gasteiger partial charge in [-0.25, -0.2) is 0 Å². The molecule has 0 spiro atoms. The van der Waals surface area contributed by atoms with Crippen LogP contribution in [0.1, 0.15) is 43.0 Å². The molecule has 0 radical (unpaired) electrons. The molecule has 5 heteroatoms. The molecule has 0 aromatic heterocycles. The second-order valence-electron chi connectivity index (χ2n) is 6.66. The predicted octanol–water partition coefficient (Wildman–Crippen LogP) is 6.41. The zero-order chi connectivity index (χ0) is 19.9. The molecule has 3 aromatic rings. The fraction of sp³-hybridized carbons (Fsp3) is 0.261. The van der Waals surface area contributed by atoms with Crippen LogP contribution in [-0.4, -0.2) is 17.6 Å². The standard InChI is InChI=1S/C23H24ClNO3/c1-2-3-4-9-14-28-21-15-20(22(26)17-11-6-5-10-16(17)21)25-23(27)18-12-7-8-13-19(18)24/h5-8,10-13,15,26H,2-4,9,14H2,1H3,(H,25,27). The van der Waals surface area contributed by atoms with Gasteiger partial charge in [-0.15, -0.1) is 0 Å². The molecule has 3 rings (SSSR count). The fourth-order valence-electron chi connectivity index (χ4n) is 3.09. The summed E-state index contributed by atoms with van der Waals surface area (Å²) in [4.78, 5) is 12.6. The Bertz CT molecular complexity index is 971. The van der Waals surface area contributed by atoms with Gasteiger partial charge in [-0.05, 0) is 18.6 Å².